The van der Waals surface area contributed by atoms with E-state index in [0.717, 1.165) is 30.2 Å². The van der Waals surface area contributed by atoms with Crippen molar-refractivity contribution in [2.45, 2.75) is 32.0 Å². The van der Waals surface area contributed by atoms with E-state index >= 15 is 0 Å². The Hall–Kier alpha value is -2.64. The van der Waals surface area contributed by atoms with Crippen LogP contribution in [-0.4, -0.2) is 71.3 Å². The van der Waals surface area contributed by atoms with E-state index in [2.05, 4.69) is 32.7 Å². The first-order valence-electron chi connectivity index (χ1n) is 10.4. The van der Waals surface area contributed by atoms with Crippen LogP contribution in [0.1, 0.15) is 23.4 Å². The number of amides is 1. The molecule has 3 heterocycles. The van der Waals surface area contributed by atoms with Gasteiger partial charge in [-0.15, -0.1) is 0 Å². The van der Waals surface area contributed by atoms with Crippen LogP contribution >= 0.6 is 0 Å². The Kier molecular flexibility index (Phi) is 5.92. The molecule has 4 rings (SSSR count). The predicted molar refractivity (Wildman–Crippen MR) is 114 cm³/mol. The molecule has 160 valence electrons. The summed E-state index contributed by atoms with van der Waals surface area (Å²) in [5, 5.41) is 0. The lowest BCUT2D eigenvalue weighted by Gasteiger charge is -2.42. The summed E-state index contributed by atoms with van der Waals surface area (Å²) >= 11 is 0. The lowest BCUT2D eigenvalue weighted by molar-refractivity contribution is -0.168. The van der Waals surface area contributed by atoms with Crippen molar-refractivity contribution in [3.63, 3.8) is 0 Å². The molecule has 0 unspecified atom stereocenters. The third-order valence-electron chi connectivity index (χ3n) is 6.01. The Balaban J connectivity index is 1.52. The molecule has 0 N–H and O–H groups in total. The molecular weight excluding hydrogens is 380 g/mol. The SMILES string of the molecule is COc1ccc(CN2CCO[C@@]3(CC=CCN(C)C3=O)C2)cc1Cn1ccnc1C. The van der Waals surface area contributed by atoms with Crippen LogP contribution in [0.5, 0.6) is 5.75 Å². The number of hydrogen-bond acceptors (Lipinski definition) is 5. The monoisotopic (exact) mass is 410 g/mol. The highest BCUT2D eigenvalue weighted by atomic mass is 16.5. The van der Waals surface area contributed by atoms with Crippen molar-refractivity contribution in [2.75, 3.05) is 40.4 Å². The van der Waals surface area contributed by atoms with Gasteiger partial charge in [0.1, 0.15) is 11.6 Å². The average Bonchev–Trinajstić information content (AvgIpc) is 3.10. The number of hydrogen-bond donors (Lipinski definition) is 0. The molecule has 1 aromatic heterocycles. The molecule has 1 spiro atoms. The first kappa shape index (κ1) is 20.6. The van der Waals surface area contributed by atoms with E-state index < -0.39 is 5.60 Å². The molecule has 1 saturated heterocycles. The molecule has 7 nitrogen and oxygen atoms in total. The topological polar surface area (TPSA) is 59.8 Å². The van der Waals surface area contributed by atoms with Crippen molar-refractivity contribution in [3.8, 4) is 5.75 Å². The highest BCUT2D eigenvalue weighted by molar-refractivity contribution is 5.86. The molecule has 0 saturated carbocycles. The van der Waals surface area contributed by atoms with Crippen molar-refractivity contribution < 1.29 is 14.3 Å². The number of ether oxygens (including phenoxy) is 2. The number of carbonyl (C=O) groups is 1. The van der Waals surface area contributed by atoms with Crippen molar-refractivity contribution in [2.24, 2.45) is 0 Å². The third-order valence-corrected chi connectivity index (χ3v) is 6.01. The number of morpholine rings is 1. The highest BCUT2D eigenvalue weighted by Gasteiger charge is 2.45. The van der Waals surface area contributed by atoms with E-state index in [4.69, 9.17) is 9.47 Å². The van der Waals surface area contributed by atoms with Crippen LogP contribution in [0.15, 0.2) is 42.7 Å². The number of carbonyl (C=O) groups excluding carboxylic acids is 1. The summed E-state index contributed by atoms with van der Waals surface area (Å²) in [7, 11) is 3.54. The van der Waals surface area contributed by atoms with Crippen LogP contribution in [0.4, 0.5) is 0 Å². The second-order valence-corrected chi connectivity index (χ2v) is 8.16. The van der Waals surface area contributed by atoms with Gasteiger partial charge in [-0.05, 0) is 24.6 Å². The zero-order chi connectivity index (χ0) is 21.1. The molecule has 0 radical (unpaired) electrons. The fourth-order valence-corrected chi connectivity index (χ4v) is 4.33. The summed E-state index contributed by atoms with van der Waals surface area (Å²) in [5.74, 6) is 1.92. The first-order valence-corrected chi connectivity index (χ1v) is 10.4. The van der Waals surface area contributed by atoms with Gasteiger partial charge in [-0.1, -0.05) is 18.2 Å². The van der Waals surface area contributed by atoms with Gasteiger partial charge < -0.3 is 18.9 Å². The lowest BCUT2D eigenvalue weighted by atomic mass is 9.95. The number of benzene rings is 1. The van der Waals surface area contributed by atoms with Gasteiger partial charge in [0.2, 0.25) is 0 Å². The van der Waals surface area contributed by atoms with Gasteiger partial charge >= 0.3 is 0 Å². The number of imidazole rings is 1. The van der Waals surface area contributed by atoms with Gasteiger partial charge in [-0.3, -0.25) is 9.69 Å². The van der Waals surface area contributed by atoms with Crippen molar-refractivity contribution in [3.05, 3.63) is 59.7 Å². The zero-order valence-corrected chi connectivity index (χ0v) is 18.0. The summed E-state index contributed by atoms with van der Waals surface area (Å²) < 4.78 is 13.8. The minimum atomic E-state index is -0.775. The van der Waals surface area contributed by atoms with Gasteiger partial charge in [-0.2, -0.15) is 0 Å². The highest BCUT2D eigenvalue weighted by Crippen LogP contribution is 2.29. The number of aromatic nitrogens is 2. The van der Waals surface area contributed by atoms with Gasteiger partial charge in [0.15, 0.2) is 5.60 Å². The maximum Gasteiger partial charge on any atom is 0.256 e. The fourth-order valence-electron chi connectivity index (χ4n) is 4.33. The minimum absolute atomic E-state index is 0.0724. The maximum atomic E-state index is 13.0. The Morgan fingerprint density at radius 1 is 1.27 bits per heavy atom. The van der Waals surface area contributed by atoms with E-state index in [1.807, 2.05) is 38.5 Å². The van der Waals surface area contributed by atoms with Crippen LogP contribution in [-0.2, 0) is 22.6 Å². The van der Waals surface area contributed by atoms with Crippen LogP contribution in [0, 0.1) is 6.92 Å². The largest absolute Gasteiger partial charge is 0.496 e. The Bertz CT molecular complexity index is 938. The minimum Gasteiger partial charge on any atom is -0.496 e. The molecule has 2 aliphatic heterocycles. The van der Waals surface area contributed by atoms with Crippen molar-refractivity contribution >= 4 is 5.91 Å². The Morgan fingerprint density at radius 3 is 2.90 bits per heavy atom. The smallest absolute Gasteiger partial charge is 0.256 e. The molecule has 7 heteroatoms. The molecule has 1 fully saturated rings. The van der Waals surface area contributed by atoms with E-state index in [9.17, 15) is 4.79 Å². The van der Waals surface area contributed by atoms with Gasteiger partial charge in [-0.25, -0.2) is 4.98 Å². The molecule has 30 heavy (non-hydrogen) atoms. The predicted octanol–water partition coefficient (Wildman–Crippen LogP) is 2.24. The molecule has 0 bridgehead atoms. The second-order valence-electron chi connectivity index (χ2n) is 8.16. The number of methoxy groups -OCH3 is 1. The van der Waals surface area contributed by atoms with Crippen molar-refractivity contribution in [1.29, 1.82) is 0 Å². The molecule has 2 aromatic rings. The third kappa shape index (κ3) is 4.13. The molecule has 0 aliphatic carbocycles. The van der Waals surface area contributed by atoms with E-state index in [0.29, 0.717) is 32.7 Å². The fraction of sp³-hybridized carbons (Fsp3) is 0.478. The zero-order valence-electron chi connectivity index (χ0n) is 18.0. The number of nitrogens with zero attached hydrogens (tertiary/aromatic N) is 4. The average molecular weight is 411 g/mol. The first-order chi connectivity index (χ1) is 14.5. The normalized spacial score (nSPS) is 22.5. The summed E-state index contributed by atoms with van der Waals surface area (Å²) in [4.78, 5) is 21.4. The van der Waals surface area contributed by atoms with E-state index in [1.165, 1.54) is 5.56 Å². The molecule has 1 amide bonds. The van der Waals surface area contributed by atoms with Gasteiger partial charge in [0.05, 0.1) is 20.3 Å². The van der Waals surface area contributed by atoms with Crippen LogP contribution in [0.25, 0.3) is 0 Å². The van der Waals surface area contributed by atoms with Gasteiger partial charge in [0.25, 0.3) is 5.91 Å². The van der Waals surface area contributed by atoms with Crippen LogP contribution < -0.4 is 4.74 Å². The van der Waals surface area contributed by atoms with Crippen LogP contribution in [0.3, 0.4) is 0 Å². The molecule has 1 aromatic carbocycles. The summed E-state index contributed by atoms with van der Waals surface area (Å²) in [6.45, 7) is 6.09. The number of aryl methyl sites for hydroxylation is 1. The van der Waals surface area contributed by atoms with E-state index in [1.54, 1.807) is 12.0 Å². The van der Waals surface area contributed by atoms with Crippen molar-refractivity contribution in [1.82, 2.24) is 19.4 Å². The summed E-state index contributed by atoms with van der Waals surface area (Å²) in [6.07, 6.45) is 8.54. The summed E-state index contributed by atoms with van der Waals surface area (Å²) in [5.41, 5.74) is 1.54. The van der Waals surface area contributed by atoms with Crippen LogP contribution in [0.2, 0.25) is 0 Å². The maximum absolute atomic E-state index is 13.0. The van der Waals surface area contributed by atoms with Gasteiger partial charge in [0, 0.05) is 57.6 Å². The molecular formula is C23H30N4O3. The molecule has 1 atom stereocenters. The quantitative estimate of drug-likeness (QED) is 0.708. The Morgan fingerprint density at radius 2 is 2.13 bits per heavy atom. The second kappa shape index (κ2) is 8.62. The number of rotatable bonds is 5. The number of likely N-dealkylation sites (N-methyl/N-ethyl adjacent to an activating group) is 1. The standard InChI is InChI=1S/C23H30N4O3/c1-18-24-9-11-27(18)16-20-14-19(6-7-21(20)29-3)15-26-12-13-30-23(17-26)8-4-5-10-25(2)22(23)28/h4-7,9,11,14H,8,10,12-13,15-17H2,1-3H3/t23-/m0/s1. The van der Waals surface area contributed by atoms with E-state index in [-0.39, 0.29) is 5.91 Å². The lowest BCUT2D eigenvalue weighted by Crippen LogP contribution is -2.59. The molecule has 2 aliphatic rings. The summed E-state index contributed by atoms with van der Waals surface area (Å²) in [6, 6.07) is 6.33. The Labute approximate surface area is 177 Å².